The van der Waals surface area contributed by atoms with E-state index >= 15 is 0 Å². The van der Waals surface area contributed by atoms with Gasteiger partial charge in [-0.05, 0) is 47.9 Å². The molecule has 0 unspecified atom stereocenters. The molecule has 146 valence electrons. The standard InChI is InChI=1S/C19H15F5N4/c1-10-12(6-11-4-5-27-18(25)17(11)21)8-26-9-16(10)28-15-3-2-13(7-14(15)20)19(22,23)24/h2-5,7-9,28H,6H2,1H3,(H2,25,27). The fourth-order valence-corrected chi connectivity index (χ4v) is 2.65. The molecule has 0 spiro atoms. The minimum Gasteiger partial charge on any atom is -0.381 e. The number of hydrogen-bond acceptors (Lipinski definition) is 4. The van der Waals surface area contributed by atoms with Gasteiger partial charge in [-0.2, -0.15) is 13.2 Å². The number of pyridine rings is 2. The zero-order valence-corrected chi connectivity index (χ0v) is 14.6. The largest absolute Gasteiger partial charge is 0.416 e. The molecule has 4 nitrogen and oxygen atoms in total. The molecule has 0 radical (unpaired) electrons. The fraction of sp³-hybridized carbons (Fsp3) is 0.158. The molecule has 0 saturated carbocycles. The maximum Gasteiger partial charge on any atom is 0.416 e. The van der Waals surface area contributed by atoms with Crippen LogP contribution in [0.3, 0.4) is 0 Å². The quantitative estimate of drug-likeness (QED) is 0.612. The summed E-state index contributed by atoms with van der Waals surface area (Å²) in [7, 11) is 0. The number of nitrogen functional groups attached to an aromatic ring is 1. The topological polar surface area (TPSA) is 63.8 Å². The van der Waals surface area contributed by atoms with E-state index in [0.717, 1.165) is 12.1 Å². The molecule has 2 aromatic heterocycles. The van der Waals surface area contributed by atoms with Gasteiger partial charge in [0.25, 0.3) is 0 Å². The van der Waals surface area contributed by atoms with E-state index in [9.17, 15) is 22.0 Å². The minimum absolute atomic E-state index is 0.130. The van der Waals surface area contributed by atoms with Crippen molar-refractivity contribution in [2.75, 3.05) is 11.1 Å². The lowest BCUT2D eigenvalue weighted by Gasteiger charge is -2.15. The van der Waals surface area contributed by atoms with Gasteiger partial charge in [0.05, 0.1) is 23.1 Å². The van der Waals surface area contributed by atoms with Crippen LogP contribution in [0.1, 0.15) is 22.3 Å². The summed E-state index contributed by atoms with van der Waals surface area (Å²) >= 11 is 0. The zero-order chi connectivity index (χ0) is 20.5. The van der Waals surface area contributed by atoms with E-state index < -0.39 is 23.4 Å². The number of benzene rings is 1. The number of hydrogen-bond donors (Lipinski definition) is 2. The van der Waals surface area contributed by atoms with Crippen molar-refractivity contribution in [3.63, 3.8) is 0 Å². The van der Waals surface area contributed by atoms with Gasteiger partial charge in [-0.3, -0.25) is 4.98 Å². The Labute approximate surface area is 157 Å². The zero-order valence-electron chi connectivity index (χ0n) is 14.6. The number of alkyl halides is 3. The Hall–Kier alpha value is -3.23. The minimum atomic E-state index is -4.63. The van der Waals surface area contributed by atoms with E-state index in [4.69, 9.17) is 5.73 Å². The summed E-state index contributed by atoms with van der Waals surface area (Å²) in [6.45, 7) is 1.71. The van der Waals surface area contributed by atoms with Crippen LogP contribution in [-0.2, 0) is 12.6 Å². The number of nitrogens with one attached hydrogen (secondary N) is 1. The highest BCUT2D eigenvalue weighted by atomic mass is 19.4. The third-order valence-corrected chi connectivity index (χ3v) is 4.26. The van der Waals surface area contributed by atoms with Gasteiger partial charge in [-0.15, -0.1) is 0 Å². The van der Waals surface area contributed by atoms with Gasteiger partial charge in [-0.1, -0.05) is 0 Å². The Morgan fingerprint density at radius 1 is 1.04 bits per heavy atom. The molecule has 0 amide bonds. The molecule has 0 fully saturated rings. The van der Waals surface area contributed by atoms with Crippen molar-refractivity contribution in [2.45, 2.75) is 19.5 Å². The first-order valence-electron chi connectivity index (χ1n) is 8.13. The second kappa shape index (κ2) is 7.41. The first kappa shape index (κ1) is 19.5. The lowest BCUT2D eigenvalue weighted by Crippen LogP contribution is -2.07. The molecule has 0 aliphatic carbocycles. The summed E-state index contributed by atoms with van der Waals surface area (Å²) in [5.41, 5.74) is 6.24. The first-order chi connectivity index (χ1) is 13.2. The van der Waals surface area contributed by atoms with Gasteiger partial charge in [0, 0.05) is 18.8 Å². The maximum absolute atomic E-state index is 14.1. The Kier molecular flexibility index (Phi) is 5.17. The van der Waals surface area contributed by atoms with Crippen LogP contribution < -0.4 is 11.1 Å². The Morgan fingerprint density at radius 2 is 1.79 bits per heavy atom. The Balaban J connectivity index is 1.89. The van der Waals surface area contributed by atoms with Gasteiger partial charge >= 0.3 is 6.18 Å². The first-order valence-corrected chi connectivity index (χ1v) is 8.13. The average Bonchev–Trinajstić information content (AvgIpc) is 2.63. The SMILES string of the molecule is Cc1c(Cc2ccnc(N)c2F)cncc1Nc1ccc(C(F)(F)F)cc1F. The van der Waals surface area contributed by atoms with Crippen LogP contribution in [0.25, 0.3) is 0 Å². The molecule has 3 aromatic rings. The van der Waals surface area contributed by atoms with Crippen LogP contribution >= 0.6 is 0 Å². The van der Waals surface area contributed by atoms with E-state index in [0.29, 0.717) is 28.4 Å². The number of nitrogens with zero attached hydrogens (tertiary/aromatic N) is 2. The molecule has 0 bridgehead atoms. The molecule has 0 atom stereocenters. The number of anilines is 3. The molecule has 0 saturated heterocycles. The predicted octanol–water partition coefficient (Wildman–Crippen LogP) is 5.00. The molecule has 1 aromatic carbocycles. The van der Waals surface area contributed by atoms with E-state index in [1.807, 2.05) is 0 Å². The Morgan fingerprint density at radius 3 is 2.46 bits per heavy atom. The van der Waals surface area contributed by atoms with Gasteiger partial charge in [0.1, 0.15) is 5.82 Å². The van der Waals surface area contributed by atoms with Gasteiger partial charge < -0.3 is 11.1 Å². The molecule has 0 aliphatic heterocycles. The summed E-state index contributed by atoms with van der Waals surface area (Å²) in [6.07, 6.45) is -0.140. The van der Waals surface area contributed by atoms with Crippen LogP contribution in [0.15, 0.2) is 42.9 Å². The van der Waals surface area contributed by atoms with Gasteiger partial charge in [-0.25, -0.2) is 13.8 Å². The van der Waals surface area contributed by atoms with E-state index in [1.54, 1.807) is 6.92 Å². The predicted molar refractivity (Wildman–Crippen MR) is 95.1 cm³/mol. The highest BCUT2D eigenvalue weighted by Crippen LogP contribution is 2.33. The second-order valence-electron chi connectivity index (χ2n) is 6.13. The third kappa shape index (κ3) is 4.03. The summed E-state index contributed by atoms with van der Waals surface area (Å²) in [6, 6.07) is 3.70. The second-order valence-corrected chi connectivity index (χ2v) is 6.13. The van der Waals surface area contributed by atoms with Crippen LogP contribution in [0.2, 0.25) is 0 Å². The van der Waals surface area contributed by atoms with Crippen LogP contribution in [-0.4, -0.2) is 9.97 Å². The molecule has 28 heavy (non-hydrogen) atoms. The van der Waals surface area contributed by atoms with Crippen molar-refractivity contribution in [2.24, 2.45) is 0 Å². The average molecular weight is 394 g/mol. The van der Waals surface area contributed by atoms with Crippen molar-refractivity contribution in [3.05, 3.63) is 76.7 Å². The molecule has 9 heteroatoms. The van der Waals surface area contributed by atoms with E-state index in [1.165, 1.54) is 24.7 Å². The van der Waals surface area contributed by atoms with Crippen LogP contribution in [0, 0.1) is 18.6 Å². The van der Waals surface area contributed by atoms with Crippen LogP contribution in [0.4, 0.5) is 39.1 Å². The highest BCUT2D eigenvalue weighted by Gasteiger charge is 2.31. The number of halogens is 5. The monoisotopic (exact) mass is 394 g/mol. The van der Waals surface area contributed by atoms with Gasteiger partial charge in [0.15, 0.2) is 11.6 Å². The van der Waals surface area contributed by atoms with Crippen molar-refractivity contribution >= 4 is 17.2 Å². The van der Waals surface area contributed by atoms with E-state index in [-0.39, 0.29) is 17.9 Å². The maximum atomic E-state index is 14.1. The summed E-state index contributed by atoms with van der Waals surface area (Å²) in [5, 5.41) is 2.74. The van der Waals surface area contributed by atoms with Crippen molar-refractivity contribution < 1.29 is 22.0 Å². The smallest absolute Gasteiger partial charge is 0.381 e. The summed E-state index contributed by atoms with van der Waals surface area (Å²) in [5.74, 6) is -1.90. The molecular weight excluding hydrogens is 379 g/mol. The molecule has 3 N–H and O–H groups in total. The number of rotatable bonds is 4. The van der Waals surface area contributed by atoms with Crippen molar-refractivity contribution in [3.8, 4) is 0 Å². The van der Waals surface area contributed by atoms with Crippen molar-refractivity contribution in [1.29, 1.82) is 0 Å². The lowest BCUT2D eigenvalue weighted by atomic mass is 10.0. The number of aromatic nitrogens is 2. The molecular formula is C19H15F5N4. The van der Waals surface area contributed by atoms with Crippen molar-refractivity contribution in [1.82, 2.24) is 9.97 Å². The molecule has 0 aliphatic rings. The number of nitrogens with two attached hydrogens (primary N) is 1. The normalized spacial score (nSPS) is 11.5. The highest BCUT2D eigenvalue weighted by molar-refractivity contribution is 5.64. The fourth-order valence-electron chi connectivity index (χ4n) is 2.65. The summed E-state index contributed by atoms with van der Waals surface area (Å²) < 4.78 is 66.2. The van der Waals surface area contributed by atoms with E-state index in [2.05, 4.69) is 15.3 Å². The van der Waals surface area contributed by atoms with Crippen LogP contribution in [0.5, 0.6) is 0 Å². The lowest BCUT2D eigenvalue weighted by molar-refractivity contribution is -0.137. The molecule has 2 heterocycles. The molecule has 3 rings (SSSR count). The Bertz CT molecular complexity index is 1020. The third-order valence-electron chi connectivity index (χ3n) is 4.26. The van der Waals surface area contributed by atoms with Gasteiger partial charge in [0.2, 0.25) is 0 Å². The summed E-state index contributed by atoms with van der Waals surface area (Å²) in [4.78, 5) is 7.71.